The molecule has 0 saturated carbocycles. The van der Waals surface area contributed by atoms with Gasteiger partial charge in [0.2, 0.25) is 5.91 Å². The molecule has 1 saturated heterocycles. The van der Waals surface area contributed by atoms with E-state index in [0.717, 1.165) is 5.56 Å². The lowest BCUT2D eigenvalue weighted by molar-refractivity contribution is -0.152. The predicted octanol–water partition coefficient (Wildman–Crippen LogP) is 2.71. The first-order chi connectivity index (χ1) is 13.3. The Balaban J connectivity index is 2.40. The summed E-state index contributed by atoms with van der Waals surface area (Å²) in [6.07, 6.45) is 1.58. The van der Waals surface area contributed by atoms with Crippen molar-refractivity contribution in [3.05, 3.63) is 23.8 Å². The fourth-order valence-electron chi connectivity index (χ4n) is 4.20. The molecule has 1 N–H and O–H groups in total. The van der Waals surface area contributed by atoms with E-state index in [9.17, 15) is 14.7 Å². The highest BCUT2D eigenvalue weighted by atomic mass is 16.5. The molecular weight excluding hydrogens is 362 g/mol. The second kappa shape index (κ2) is 8.82. The number of carbonyl (C=O) groups excluding carboxylic acids is 1. The summed E-state index contributed by atoms with van der Waals surface area (Å²) in [6, 6.07) is 5.54. The Bertz CT molecular complexity index is 715. The molecule has 0 bridgehead atoms. The molecule has 1 atom stereocenters. The first-order valence-electron chi connectivity index (χ1n) is 9.58. The van der Waals surface area contributed by atoms with Gasteiger partial charge in [0, 0.05) is 20.2 Å². The molecule has 1 aromatic rings. The van der Waals surface area contributed by atoms with E-state index in [1.807, 2.05) is 26.0 Å². The molecule has 0 aliphatic carbocycles. The molecule has 1 amide bonds. The quantitative estimate of drug-likeness (QED) is 0.694. The van der Waals surface area contributed by atoms with Gasteiger partial charge < -0.3 is 24.2 Å². The van der Waals surface area contributed by atoms with Crippen LogP contribution in [0.2, 0.25) is 0 Å². The number of methoxy groups -OCH3 is 3. The van der Waals surface area contributed by atoms with E-state index < -0.39 is 16.8 Å². The minimum absolute atomic E-state index is 0.0519. The molecule has 1 unspecified atom stereocenters. The lowest BCUT2D eigenvalue weighted by Gasteiger charge is -2.36. The van der Waals surface area contributed by atoms with Crippen LogP contribution in [0.15, 0.2) is 18.2 Å². The van der Waals surface area contributed by atoms with Gasteiger partial charge in [-0.2, -0.15) is 0 Å². The molecule has 7 nitrogen and oxygen atoms in total. The second-order valence-corrected chi connectivity index (χ2v) is 7.35. The molecule has 2 rings (SSSR count). The van der Waals surface area contributed by atoms with E-state index in [2.05, 4.69) is 0 Å². The van der Waals surface area contributed by atoms with Gasteiger partial charge in [-0.15, -0.1) is 0 Å². The third-order valence-electron chi connectivity index (χ3n) is 6.07. The average Bonchev–Trinajstić information content (AvgIpc) is 3.15. The number of carboxylic acid groups (broad SMARTS) is 1. The maximum absolute atomic E-state index is 13.6. The van der Waals surface area contributed by atoms with Crippen molar-refractivity contribution in [3.8, 4) is 11.5 Å². The van der Waals surface area contributed by atoms with Crippen LogP contribution < -0.4 is 9.47 Å². The van der Waals surface area contributed by atoms with E-state index in [1.54, 1.807) is 25.2 Å². The molecule has 156 valence electrons. The van der Waals surface area contributed by atoms with Gasteiger partial charge in [-0.1, -0.05) is 19.9 Å². The zero-order valence-electron chi connectivity index (χ0n) is 17.4. The number of hydrogen-bond acceptors (Lipinski definition) is 5. The summed E-state index contributed by atoms with van der Waals surface area (Å²) in [6.45, 7) is 4.61. The Morgan fingerprint density at radius 2 is 1.79 bits per heavy atom. The highest BCUT2D eigenvalue weighted by Crippen LogP contribution is 2.41. The molecule has 1 aliphatic rings. The van der Waals surface area contributed by atoms with Crippen LogP contribution in [0.3, 0.4) is 0 Å². The molecule has 0 aromatic heterocycles. The highest BCUT2D eigenvalue weighted by Gasteiger charge is 2.50. The summed E-state index contributed by atoms with van der Waals surface area (Å²) in [5.74, 6) is 0.198. The number of ether oxygens (including phenoxy) is 3. The normalized spacial score (nSPS) is 19.5. The fourth-order valence-corrected chi connectivity index (χ4v) is 4.20. The van der Waals surface area contributed by atoms with Crippen molar-refractivity contribution in [2.75, 3.05) is 41.0 Å². The molecular formula is C21H31NO6. The van der Waals surface area contributed by atoms with Crippen LogP contribution in [0.25, 0.3) is 0 Å². The third-order valence-corrected chi connectivity index (χ3v) is 6.07. The topological polar surface area (TPSA) is 85.3 Å². The molecule has 1 aromatic carbocycles. The molecule has 1 heterocycles. The zero-order chi connectivity index (χ0) is 20.9. The number of nitrogens with zero attached hydrogens (tertiary/aromatic N) is 1. The van der Waals surface area contributed by atoms with Gasteiger partial charge in [-0.25, -0.2) is 0 Å². The minimum Gasteiger partial charge on any atom is -0.493 e. The van der Waals surface area contributed by atoms with E-state index >= 15 is 0 Å². The molecule has 1 aliphatic heterocycles. The van der Waals surface area contributed by atoms with Gasteiger partial charge in [-0.3, -0.25) is 9.59 Å². The average molecular weight is 393 g/mol. The van der Waals surface area contributed by atoms with E-state index in [0.29, 0.717) is 37.3 Å². The van der Waals surface area contributed by atoms with Crippen LogP contribution >= 0.6 is 0 Å². The Labute approximate surface area is 166 Å². The molecule has 28 heavy (non-hydrogen) atoms. The lowest BCUT2D eigenvalue weighted by Crippen LogP contribution is -2.47. The van der Waals surface area contributed by atoms with Gasteiger partial charge in [0.25, 0.3) is 0 Å². The number of hydrogen-bond donors (Lipinski definition) is 1. The highest BCUT2D eigenvalue weighted by molar-refractivity contribution is 5.90. The van der Waals surface area contributed by atoms with Gasteiger partial charge in [0.15, 0.2) is 11.5 Å². The summed E-state index contributed by atoms with van der Waals surface area (Å²) in [4.78, 5) is 27.1. The number of benzene rings is 1. The maximum atomic E-state index is 13.6. The zero-order valence-corrected chi connectivity index (χ0v) is 17.4. The summed E-state index contributed by atoms with van der Waals surface area (Å²) in [5.41, 5.74) is -0.948. The van der Waals surface area contributed by atoms with Gasteiger partial charge in [0.1, 0.15) is 5.41 Å². The minimum atomic E-state index is -1.05. The van der Waals surface area contributed by atoms with Crippen molar-refractivity contribution in [2.24, 2.45) is 5.41 Å². The van der Waals surface area contributed by atoms with Crippen molar-refractivity contribution >= 4 is 11.9 Å². The molecule has 0 spiro atoms. The van der Waals surface area contributed by atoms with Crippen LogP contribution in [-0.4, -0.2) is 62.9 Å². The van der Waals surface area contributed by atoms with Crippen LogP contribution in [0.1, 0.15) is 38.7 Å². The van der Waals surface area contributed by atoms with Gasteiger partial charge in [-0.05, 0) is 37.0 Å². The first kappa shape index (κ1) is 22.0. The van der Waals surface area contributed by atoms with Crippen molar-refractivity contribution in [1.82, 2.24) is 4.90 Å². The van der Waals surface area contributed by atoms with Crippen LogP contribution in [0.5, 0.6) is 11.5 Å². The second-order valence-electron chi connectivity index (χ2n) is 7.35. The number of carboxylic acids is 1. The number of amides is 1. The van der Waals surface area contributed by atoms with E-state index in [4.69, 9.17) is 14.2 Å². The lowest BCUT2D eigenvalue weighted by atomic mass is 9.74. The number of rotatable bonds is 9. The largest absolute Gasteiger partial charge is 0.493 e. The van der Waals surface area contributed by atoms with Crippen LogP contribution in [-0.2, 0) is 19.7 Å². The first-order valence-corrected chi connectivity index (χ1v) is 9.58. The van der Waals surface area contributed by atoms with Crippen molar-refractivity contribution in [2.45, 2.75) is 38.5 Å². The fraction of sp³-hybridized carbons (Fsp3) is 0.619. The third kappa shape index (κ3) is 3.68. The van der Waals surface area contributed by atoms with E-state index in [1.165, 1.54) is 7.11 Å². The van der Waals surface area contributed by atoms with Crippen molar-refractivity contribution in [1.29, 1.82) is 0 Å². The standard InChI is InChI=1S/C21H31NO6/c1-6-21(7-2,15-8-9-16(27-4)17(12-15)28-5)18(23)22-11-10-20(13-22,14-26-3)19(24)25/h8-9,12H,6-7,10-11,13-14H2,1-5H3,(H,24,25). The van der Waals surface area contributed by atoms with Crippen molar-refractivity contribution in [3.63, 3.8) is 0 Å². The monoisotopic (exact) mass is 393 g/mol. The van der Waals surface area contributed by atoms with Crippen LogP contribution in [0, 0.1) is 5.41 Å². The van der Waals surface area contributed by atoms with E-state index in [-0.39, 0.29) is 19.1 Å². The molecule has 1 fully saturated rings. The summed E-state index contributed by atoms with van der Waals surface area (Å²) in [7, 11) is 4.62. The number of aliphatic carboxylic acids is 1. The summed E-state index contributed by atoms with van der Waals surface area (Å²) in [5, 5.41) is 9.71. The Kier molecular flexibility index (Phi) is 6.93. The summed E-state index contributed by atoms with van der Waals surface area (Å²) >= 11 is 0. The SMILES string of the molecule is CCC(CC)(C(=O)N1CCC(COC)(C(=O)O)C1)c1ccc(OC)c(OC)c1. The maximum Gasteiger partial charge on any atom is 0.313 e. The summed E-state index contributed by atoms with van der Waals surface area (Å²) < 4.78 is 15.9. The number of likely N-dealkylation sites (tertiary alicyclic amines) is 1. The number of carbonyl (C=O) groups is 2. The molecule has 7 heteroatoms. The Hall–Kier alpha value is -2.28. The smallest absolute Gasteiger partial charge is 0.313 e. The Morgan fingerprint density at radius 3 is 2.29 bits per heavy atom. The van der Waals surface area contributed by atoms with Crippen molar-refractivity contribution < 1.29 is 28.9 Å². The Morgan fingerprint density at radius 1 is 1.14 bits per heavy atom. The van der Waals surface area contributed by atoms with Crippen LogP contribution in [0.4, 0.5) is 0 Å². The van der Waals surface area contributed by atoms with Gasteiger partial charge in [0.05, 0.1) is 26.2 Å². The molecule has 0 radical (unpaired) electrons. The predicted molar refractivity (Wildman–Crippen MR) is 105 cm³/mol. The van der Waals surface area contributed by atoms with Gasteiger partial charge >= 0.3 is 5.97 Å².